The molecule has 0 aliphatic rings. The van der Waals surface area contributed by atoms with Crippen molar-refractivity contribution in [3.05, 3.63) is 60.2 Å². The number of halogens is 3. The summed E-state index contributed by atoms with van der Waals surface area (Å²) < 4.78 is 45.7. The largest absolute Gasteiger partial charge is 0.573 e. The number of alkyl halides is 3. The number of aliphatic imine (C=N–C) groups is 1. The van der Waals surface area contributed by atoms with Crippen LogP contribution in [0.5, 0.6) is 5.75 Å². The average Bonchev–Trinajstić information content (AvgIpc) is 2.65. The molecule has 5 nitrogen and oxygen atoms in total. The minimum atomic E-state index is -4.71. The van der Waals surface area contributed by atoms with Crippen LogP contribution >= 0.6 is 0 Å². The van der Waals surface area contributed by atoms with Crippen LogP contribution in [0.3, 0.4) is 0 Å². The molecule has 2 aromatic rings. The summed E-state index contributed by atoms with van der Waals surface area (Å²) in [5, 5.41) is 2.82. The Morgan fingerprint density at radius 2 is 1.68 bits per heavy atom. The first-order valence-electron chi connectivity index (χ1n) is 8.97. The molecule has 28 heavy (non-hydrogen) atoms. The van der Waals surface area contributed by atoms with E-state index in [-0.39, 0.29) is 11.7 Å². The zero-order chi connectivity index (χ0) is 20.2. The van der Waals surface area contributed by atoms with Gasteiger partial charge in [0.2, 0.25) is 0 Å². The van der Waals surface area contributed by atoms with E-state index in [1.165, 1.54) is 29.8 Å². The van der Waals surface area contributed by atoms with E-state index in [2.05, 4.69) is 27.2 Å². The van der Waals surface area contributed by atoms with Crippen LogP contribution < -0.4 is 15.8 Å². The molecule has 0 aliphatic carbocycles. The number of ether oxygens (including phenoxy) is 2. The highest BCUT2D eigenvalue weighted by atomic mass is 19.4. The Labute approximate surface area is 162 Å². The van der Waals surface area contributed by atoms with E-state index in [1.807, 2.05) is 18.2 Å². The number of hydrogen-bond donors (Lipinski definition) is 2. The highest BCUT2D eigenvalue weighted by molar-refractivity contribution is 5.92. The Morgan fingerprint density at radius 1 is 0.964 bits per heavy atom. The van der Waals surface area contributed by atoms with Crippen LogP contribution in [0.1, 0.15) is 18.4 Å². The lowest BCUT2D eigenvalue weighted by Gasteiger charge is -2.10. The van der Waals surface area contributed by atoms with Crippen molar-refractivity contribution in [1.29, 1.82) is 0 Å². The lowest BCUT2D eigenvalue weighted by molar-refractivity contribution is -0.274. The van der Waals surface area contributed by atoms with Gasteiger partial charge in [-0.1, -0.05) is 30.3 Å². The predicted molar refractivity (Wildman–Crippen MR) is 103 cm³/mol. The maximum absolute atomic E-state index is 12.1. The molecule has 0 radical (unpaired) electrons. The molecule has 2 rings (SSSR count). The van der Waals surface area contributed by atoms with Gasteiger partial charge in [-0.2, -0.15) is 0 Å². The standard InChI is InChI=1S/C20H24F3N3O2/c21-20(22,23)28-18-10-8-17(9-11-18)26-19(24)25-13-4-5-14-27-15-12-16-6-2-1-3-7-16/h1-3,6-11H,4-5,12-15H2,(H3,24,25,26). The van der Waals surface area contributed by atoms with E-state index in [9.17, 15) is 13.2 Å². The SMILES string of the molecule is NC(=NCCCCOCCc1ccccc1)Nc1ccc(OC(F)(F)F)cc1. The van der Waals surface area contributed by atoms with Gasteiger partial charge in [0, 0.05) is 18.8 Å². The third-order valence-corrected chi connectivity index (χ3v) is 3.72. The minimum Gasteiger partial charge on any atom is -0.406 e. The topological polar surface area (TPSA) is 68.9 Å². The van der Waals surface area contributed by atoms with Crippen LogP contribution in [0, 0.1) is 0 Å². The average molecular weight is 395 g/mol. The monoisotopic (exact) mass is 395 g/mol. The molecule has 0 spiro atoms. The van der Waals surface area contributed by atoms with Crippen molar-refractivity contribution < 1.29 is 22.6 Å². The molecule has 0 bridgehead atoms. The second kappa shape index (κ2) is 11.2. The molecule has 0 saturated carbocycles. The Bertz CT molecular complexity index is 720. The highest BCUT2D eigenvalue weighted by Gasteiger charge is 2.30. The lowest BCUT2D eigenvalue weighted by Crippen LogP contribution is -2.23. The van der Waals surface area contributed by atoms with Crippen molar-refractivity contribution in [2.24, 2.45) is 10.7 Å². The fourth-order valence-corrected chi connectivity index (χ4v) is 2.38. The van der Waals surface area contributed by atoms with Crippen LogP contribution in [-0.4, -0.2) is 32.1 Å². The number of nitrogens with zero attached hydrogens (tertiary/aromatic N) is 1. The van der Waals surface area contributed by atoms with Crippen LogP contribution in [0.2, 0.25) is 0 Å². The zero-order valence-electron chi connectivity index (χ0n) is 15.4. The molecule has 0 amide bonds. The van der Waals surface area contributed by atoms with Gasteiger partial charge in [-0.05, 0) is 49.1 Å². The summed E-state index contributed by atoms with van der Waals surface area (Å²) >= 11 is 0. The second-order valence-electron chi connectivity index (χ2n) is 6.02. The summed E-state index contributed by atoms with van der Waals surface area (Å²) in [5.74, 6) is -0.0877. The fourth-order valence-electron chi connectivity index (χ4n) is 2.38. The Hall–Kier alpha value is -2.74. The third-order valence-electron chi connectivity index (χ3n) is 3.72. The third kappa shape index (κ3) is 9.27. The van der Waals surface area contributed by atoms with Crippen LogP contribution in [-0.2, 0) is 11.2 Å². The first-order chi connectivity index (χ1) is 13.4. The summed E-state index contributed by atoms with van der Waals surface area (Å²) in [7, 11) is 0. The van der Waals surface area contributed by atoms with Crippen molar-refractivity contribution in [3.8, 4) is 5.75 Å². The Morgan fingerprint density at radius 3 is 2.36 bits per heavy atom. The highest BCUT2D eigenvalue weighted by Crippen LogP contribution is 2.23. The predicted octanol–water partition coefficient (Wildman–Crippen LogP) is 4.35. The molecule has 8 heteroatoms. The summed E-state index contributed by atoms with van der Waals surface area (Å²) in [6, 6.07) is 15.4. The molecule has 0 saturated heterocycles. The van der Waals surface area contributed by atoms with E-state index in [1.54, 1.807) is 0 Å². The lowest BCUT2D eigenvalue weighted by atomic mass is 10.2. The van der Waals surface area contributed by atoms with Gasteiger partial charge < -0.3 is 20.5 Å². The van der Waals surface area contributed by atoms with E-state index in [4.69, 9.17) is 10.5 Å². The number of hydrogen-bond acceptors (Lipinski definition) is 3. The molecule has 0 heterocycles. The number of nitrogens with two attached hydrogens (primary N) is 1. The molecular formula is C20H24F3N3O2. The normalized spacial score (nSPS) is 12.0. The van der Waals surface area contributed by atoms with Crippen LogP contribution in [0.4, 0.5) is 18.9 Å². The van der Waals surface area contributed by atoms with E-state index >= 15 is 0 Å². The second-order valence-corrected chi connectivity index (χ2v) is 6.02. The van der Waals surface area contributed by atoms with Gasteiger partial charge in [-0.25, -0.2) is 0 Å². The van der Waals surface area contributed by atoms with Gasteiger partial charge in [-0.3, -0.25) is 4.99 Å². The van der Waals surface area contributed by atoms with E-state index < -0.39 is 6.36 Å². The molecule has 0 unspecified atom stereocenters. The van der Waals surface area contributed by atoms with Crippen LogP contribution in [0.15, 0.2) is 59.6 Å². The Balaban J connectivity index is 1.57. The maximum atomic E-state index is 12.1. The van der Waals surface area contributed by atoms with Gasteiger partial charge in [0.05, 0.1) is 6.61 Å². The fraction of sp³-hybridized carbons (Fsp3) is 0.350. The van der Waals surface area contributed by atoms with Crippen molar-refractivity contribution in [3.63, 3.8) is 0 Å². The smallest absolute Gasteiger partial charge is 0.406 e. The maximum Gasteiger partial charge on any atom is 0.573 e. The summed E-state index contributed by atoms with van der Waals surface area (Å²) in [4.78, 5) is 4.18. The molecule has 0 fully saturated rings. The van der Waals surface area contributed by atoms with Crippen LogP contribution in [0.25, 0.3) is 0 Å². The van der Waals surface area contributed by atoms with Crippen molar-refractivity contribution in [2.45, 2.75) is 25.6 Å². The molecule has 152 valence electrons. The van der Waals surface area contributed by atoms with Gasteiger partial charge in [-0.15, -0.1) is 13.2 Å². The van der Waals surface area contributed by atoms with Gasteiger partial charge >= 0.3 is 6.36 Å². The minimum absolute atomic E-state index is 0.203. The first-order valence-corrected chi connectivity index (χ1v) is 8.97. The molecule has 2 aromatic carbocycles. The molecule has 3 N–H and O–H groups in total. The molecular weight excluding hydrogens is 371 g/mol. The number of anilines is 1. The summed E-state index contributed by atoms with van der Waals surface area (Å²) in [6.45, 7) is 1.89. The number of unbranched alkanes of at least 4 members (excludes halogenated alkanes) is 1. The Kier molecular flexibility index (Phi) is 8.61. The summed E-state index contributed by atoms with van der Waals surface area (Å²) in [5.41, 5.74) is 7.55. The van der Waals surface area contributed by atoms with Crippen molar-refractivity contribution in [2.75, 3.05) is 25.1 Å². The zero-order valence-corrected chi connectivity index (χ0v) is 15.4. The van der Waals surface area contributed by atoms with Gasteiger partial charge in [0.25, 0.3) is 0 Å². The van der Waals surface area contributed by atoms with Crippen molar-refractivity contribution in [1.82, 2.24) is 0 Å². The molecule has 0 aromatic heterocycles. The van der Waals surface area contributed by atoms with E-state index in [0.29, 0.717) is 25.4 Å². The van der Waals surface area contributed by atoms with Gasteiger partial charge in [0.15, 0.2) is 5.96 Å². The van der Waals surface area contributed by atoms with Crippen molar-refractivity contribution >= 4 is 11.6 Å². The number of nitrogens with one attached hydrogen (secondary N) is 1. The summed E-state index contributed by atoms with van der Waals surface area (Å²) in [6.07, 6.45) is -2.12. The number of benzene rings is 2. The number of rotatable bonds is 10. The molecule has 0 atom stereocenters. The van der Waals surface area contributed by atoms with E-state index in [0.717, 1.165) is 19.3 Å². The first kappa shape index (κ1) is 21.6. The quantitative estimate of drug-likeness (QED) is 0.357. The molecule has 0 aliphatic heterocycles. The van der Waals surface area contributed by atoms with Gasteiger partial charge in [0.1, 0.15) is 5.75 Å². The number of guanidine groups is 1.